The number of carbonyl (C=O) groups is 1. The lowest BCUT2D eigenvalue weighted by Gasteiger charge is -2.29. The maximum absolute atomic E-state index is 12.0. The van der Waals surface area contributed by atoms with E-state index >= 15 is 0 Å². The van der Waals surface area contributed by atoms with E-state index in [1.54, 1.807) is 6.20 Å². The van der Waals surface area contributed by atoms with Gasteiger partial charge in [0.1, 0.15) is 5.82 Å². The lowest BCUT2D eigenvalue weighted by Crippen LogP contribution is -2.28. The predicted octanol–water partition coefficient (Wildman–Crippen LogP) is 3.54. The summed E-state index contributed by atoms with van der Waals surface area (Å²) in [5.41, 5.74) is 1.72. The molecule has 98 valence electrons. The van der Waals surface area contributed by atoms with Crippen LogP contribution in [-0.2, 0) is 6.42 Å². The average molecular weight is 246 g/mol. The number of hydrogen-bond acceptors (Lipinski definition) is 3. The minimum absolute atomic E-state index is 0.0314. The molecule has 0 amide bonds. The molecule has 0 saturated heterocycles. The third kappa shape index (κ3) is 2.45. The Bertz CT molecular complexity index is 462. The van der Waals surface area contributed by atoms with Crippen LogP contribution >= 0.6 is 0 Å². The Morgan fingerprint density at radius 2 is 1.94 bits per heavy atom. The fraction of sp³-hybridized carbons (Fsp3) is 0.667. The van der Waals surface area contributed by atoms with Gasteiger partial charge in [-0.05, 0) is 24.7 Å². The summed E-state index contributed by atoms with van der Waals surface area (Å²) in [5.74, 6) is 1.51. The molecule has 0 bridgehead atoms. The molecule has 1 aliphatic rings. The topological polar surface area (TPSA) is 42.9 Å². The second-order valence-corrected chi connectivity index (χ2v) is 6.04. The molecule has 1 aromatic rings. The molecule has 0 aromatic carbocycles. The molecule has 1 aliphatic carbocycles. The Morgan fingerprint density at radius 3 is 2.56 bits per heavy atom. The van der Waals surface area contributed by atoms with Gasteiger partial charge in [-0.15, -0.1) is 0 Å². The van der Waals surface area contributed by atoms with Gasteiger partial charge in [-0.2, -0.15) is 0 Å². The Morgan fingerprint density at radius 1 is 1.28 bits per heavy atom. The zero-order valence-electron chi connectivity index (χ0n) is 11.8. The van der Waals surface area contributed by atoms with E-state index in [1.165, 1.54) is 0 Å². The van der Waals surface area contributed by atoms with Gasteiger partial charge in [-0.1, -0.05) is 27.7 Å². The lowest BCUT2D eigenvalue weighted by molar-refractivity contribution is 0.0909. The van der Waals surface area contributed by atoms with Crippen LogP contribution in [0.1, 0.15) is 74.8 Å². The summed E-state index contributed by atoms with van der Waals surface area (Å²) < 4.78 is 0. The zero-order chi connectivity index (χ0) is 13.3. The second kappa shape index (κ2) is 4.79. The van der Waals surface area contributed by atoms with Gasteiger partial charge >= 0.3 is 0 Å². The molecule has 18 heavy (non-hydrogen) atoms. The lowest BCUT2D eigenvalue weighted by atomic mass is 9.76. The van der Waals surface area contributed by atoms with E-state index in [1.807, 2.05) is 0 Å². The first-order chi connectivity index (χ1) is 8.46. The highest BCUT2D eigenvalue weighted by Crippen LogP contribution is 2.34. The third-order valence-electron chi connectivity index (χ3n) is 3.82. The van der Waals surface area contributed by atoms with Gasteiger partial charge in [0.05, 0.1) is 11.3 Å². The SMILES string of the molecule is CCC(CC)c1ncc2c(n1)CC(C)(C)CC2=O. The van der Waals surface area contributed by atoms with Crippen LogP contribution in [0.25, 0.3) is 0 Å². The Balaban J connectivity index is 2.40. The maximum atomic E-state index is 12.0. The number of carbonyl (C=O) groups excluding carboxylic acids is 1. The molecule has 0 fully saturated rings. The van der Waals surface area contributed by atoms with Crippen LogP contribution in [0.5, 0.6) is 0 Å². The molecule has 0 aliphatic heterocycles. The minimum Gasteiger partial charge on any atom is -0.294 e. The summed E-state index contributed by atoms with van der Waals surface area (Å²) in [4.78, 5) is 21.1. The summed E-state index contributed by atoms with van der Waals surface area (Å²) in [7, 11) is 0. The molecule has 0 N–H and O–H groups in total. The van der Waals surface area contributed by atoms with Crippen molar-refractivity contribution in [3.63, 3.8) is 0 Å². The summed E-state index contributed by atoms with van der Waals surface area (Å²) >= 11 is 0. The third-order valence-corrected chi connectivity index (χ3v) is 3.82. The number of hydrogen-bond donors (Lipinski definition) is 0. The first-order valence-corrected chi connectivity index (χ1v) is 6.86. The number of ketones is 1. The van der Waals surface area contributed by atoms with E-state index in [9.17, 15) is 4.79 Å². The summed E-state index contributed by atoms with van der Waals surface area (Å²) in [6.07, 6.45) is 5.32. The van der Waals surface area contributed by atoms with Crippen molar-refractivity contribution in [3.8, 4) is 0 Å². The maximum Gasteiger partial charge on any atom is 0.166 e. The van der Waals surface area contributed by atoms with E-state index in [4.69, 9.17) is 0 Å². The van der Waals surface area contributed by atoms with Crippen LogP contribution in [-0.4, -0.2) is 15.8 Å². The molecule has 0 saturated carbocycles. The van der Waals surface area contributed by atoms with Gasteiger partial charge in [0.2, 0.25) is 0 Å². The van der Waals surface area contributed by atoms with E-state index in [0.29, 0.717) is 12.3 Å². The largest absolute Gasteiger partial charge is 0.294 e. The van der Waals surface area contributed by atoms with Crippen molar-refractivity contribution in [1.82, 2.24) is 9.97 Å². The Hall–Kier alpha value is -1.25. The van der Waals surface area contributed by atoms with Crippen molar-refractivity contribution in [2.24, 2.45) is 5.41 Å². The van der Waals surface area contributed by atoms with E-state index in [-0.39, 0.29) is 11.2 Å². The summed E-state index contributed by atoms with van der Waals surface area (Å²) in [6.45, 7) is 8.58. The van der Waals surface area contributed by atoms with E-state index < -0.39 is 0 Å². The van der Waals surface area contributed by atoms with Crippen molar-refractivity contribution in [3.05, 3.63) is 23.3 Å². The Kier molecular flexibility index (Phi) is 3.51. The molecule has 3 nitrogen and oxygen atoms in total. The molecule has 3 heteroatoms. The predicted molar refractivity (Wildman–Crippen MR) is 71.8 cm³/mol. The van der Waals surface area contributed by atoms with Crippen LogP contribution in [0.15, 0.2) is 6.20 Å². The number of nitrogens with zero attached hydrogens (tertiary/aromatic N) is 2. The van der Waals surface area contributed by atoms with Gasteiger partial charge in [-0.25, -0.2) is 9.97 Å². The van der Waals surface area contributed by atoms with E-state index in [2.05, 4.69) is 37.7 Å². The van der Waals surface area contributed by atoms with E-state index in [0.717, 1.165) is 36.3 Å². The standard InChI is InChI=1S/C15H22N2O/c1-5-10(6-2)14-16-9-11-12(17-14)7-15(3,4)8-13(11)18/h9-10H,5-8H2,1-4H3. The van der Waals surface area contributed by atoms with Crippen molar-refractivity contribution in [2.45, 2.75) is 59.3 Å². The van der Waals surface area contributed by atoms with Crippen molar-refractivity contribution in [1.29, 1.82) is 0 Å². The summed E-state index contributed by atoms with van der Waals surface area (Å²) in [6, 6.07) is 0. The first-order valence-electron chi connectivity index (χ1n) is 6.86. The number of rotatable bonds is 3. The highest BCUT2D eigenvalue weighted by Gasteiger charge is 2.32. The smallest absolute Gasteiger partial charge is 0.166 e. The van der Waals surface area contributed by atoms with Crippen LogP contribution in [0, 0.1) is 5.41 Å². The van der Waals surface area contributed by atoms with Gasteiger partial charge in [0.25, 0.3) is 0 Å². The minimum atomic E-state index is 0.0314. The quantitative estimate of drug-likeness (QED) is 0.819. The number of fused-ring (bicyclic) bond motifs is 1. The van der Waals surface area contributed by atoms with Gasteiger partial charge in [-0.3, -0.25) is 4.79 Å². The molecule has 0 radical (unpaired) electrons. The molecular formula is C15H22N2O. The first kappa shape index (κ1) is 13.2. The monoisotopic (exact) mass is 246 g/mol. The van der Waals surface area contributed by atoms with Crippen molar-refractivity contribution >= 4 is 5.78 Å². The second-order valence-electron chi connectivity index (χ2n) is 6.04. The van der Waals surface area contributed by atoms with Crippen LogP contribution < -0.4 is 0 Å². The number of Topliss-reactive ketones (excluding diaryl/α,β-unsaturated/α-hetero) is 1. The highest BCUT2D eigenvalue weighted by molar-refractivity contribution is 5.98. The van der Waals surface area contributed by atoms with Gasteiger partial charge < -0.3 is 0 Å². The van der Waals surface area contributed by atoms with Gasteiger partial charge in [0, 0.05) is 18.5 Å². The zero-order valence-corrected chi connectivity index (χ0v) is 11.8. The average Bonchev–Trinajstić information content (AvgIpc) is 2.28. The fourth-order valence-electron chi connectivity index (χ4n) is 2.70. The Labute approximate surface area is 109 Å². The molecule has 1 aromatic heterocycles. The number of aromatic nitrogens is 2. The normalized spacial score (nSPS) is 17.9. The van der Waals surface area contributed by atoms with Crippen molar-refractivity contribution < 1.29 is 4.79 Å². The molecule has 1 heterocycles. The summed E-state index contributed by atoms with van der Waals surface area (Å²) in [5, 5.41) is 0. The van der Waals surface area contributed by atoms with Crippen LogP contribution in [0.3, 0.4) is 0 Å². The highest BCUT2D eigenvalue weighted by atomic mass is 16.1. The van der Waals surface area contributed by atoms with Crippen LogP contribution in [0.4, 0.5) is 0 Å². The molecule has 0 atom stereocenters. The molecule has 0 unspecified atom stereocenters. The van der Waals surface area contributed by atoms with Gasteiger partial charge in [0.15, 0.2) is 5.78 Å². The van der Waals surface area contributed by atoms with Crippen molar-refractivity contribution in [2.75, 3.05) is 0 Å². The molecular weight excluding hydrogens is 224 g/mol. The molecule has 2 rings (SSSR count). The molecule has 0 spiro atoms. The van der Waals surface area contributed by atoms with Crippen LogP contribution in [0.2, 0.25) is 0 Å². The fourth-order valence-corrected chi connectivity index (χ4v) is 2.70.